The first-order valence-corrected chi connectivity index (χ1v) is 5.73. The highest BCUT2D eigenvalue weighted by molar-refractivity contribution is 5.75. The fourth-order valence-electron chi connectivity index (χ4n) is 2.04. The molecule has 2 aliphatic rings. The van der Waals surface area contributed by atoms with E-state index < -0.39 is 0 Å². The molecule has 4 nitrogen and oxygen atoms in total. The predicted octanol–water partition coefficient (Wildman–Crippen LogP) is 1.36. The summed E-state index contributed by atoms with van der Waals surface area (Å²) in [4.78, 5) is 13.7. The minimum absolute atomic E-state index is 0.0838. The van der Waals surface area contributed by atoms with Gasteiger partial charge in [0, 0.05) is 19.7 Å². The van der Waals surface area contributed by atoms with Crippen LogP contribution in [0, 0.1) is 0 Å². The largest absolute Gasteiger partial charge is 0.377 e. The number of hydrogen-bond donors (Lipinski definition) is 1. The first kappa shape index (κ1) is 10.7. The fraction of sp³-hybridized carbons (Fsp3) is 0.909. The van der Waals surface area contributed by atoms with Crippen molar-refractivity contribution in [3.8, 4) is 0 Å². The van der Waals surface area contributed by atoms with Gasteiger partial charge in [-0.15, -0.1) is 0 Å². The van der Waals surface area contributed by atoms with Gasteiger partial charge in [-0.25, -0.2) is 4.79 Å². The van der Waals surface area contributed by atoms with Crippen molar-refractivity contribution in [2.75, 3.05) is 20.2 Å². The average molecular weight is 212 g/mol. The summed E-state index contributed by atoms with van der Waals surface area (Å²) in [6, 6.07) is 0.522. The van der Waals surface area contributed by atoms with E-state index in [1.165, 1.54) is 0 Å². The van der Waals surface area contributed by atoms with Gasteiger partial charge >= 0.3 is 6.03 Å². The number of urea groups is 1. The number of rotatable bonds is 2. The van der Waals surface area contributed by atoms with Gasteiger partial charge in [-0.2, -0.15) is 0 Å². The van der Waals surface area contributed by atoms with Crippen LogP contribution in [0.4, 0.5) is 4.79 Å². The molecule has 1 N–H and O–H groups in total. The number of likely N-dealkylation sites (tertiary alicyclic amines) is 1. The van der Waals surface area contributed by atoms with Crippen LogP contribution in [0.1, 0.15) is 32.6 Å². The first-order valence-electron chi connectivity index (χ1n) is 5.73. The maximum absolute atomic E-state index is 11.8. The fourth-order valence-corrected chi connectivity index (χ4v) is 2.04. The van der Waals surface area contributed by atoms with E-state index in [9.17, 15) is 4.79 Å². The summed E-state index contributed by atoms with van der Waals surface area (Å²) in [6.45, 7) is 3.64. The number of carbonyl (C=O) groups excluding carboxylic acids is 1. The van der Waals surface area contributed by atoms with E-state index >= 15 is 0 Å². The van der Waals surface area contributed by atoms with E-state index in [-0.39, 0.29) is 11.6 Å². The molecule has 1 aliphatic heterocycles. The number of nitrogens with one attached hydrogen (secondary N) is 1. The Labute approximate surface area is 91.0 Å². The van der Waals surface area contributed by atoms with Crippen LogP contribution in [0.3, 0.4) is 0 Å². The molecule has 86 valence electrons. The van der Waals surface area contributed by atoms with E-state index in [1.807, 2.05) is 4.90 Å². The lowest BCUT2D eigenvalue weighted by atomic mass is 9.95. The van der Waals surface area contributed by atoms with Gasteiger partial charge in [-0.05, 0) is 32.6 Å². The molecular formula is C11H20N2O2. The van der Waals surface area contributed by atoms with Crippen LogP contribution in [-0.4, -0.2) is 42.8 Å². The number of hydrogen-bond acceptors (Lipinski definition) is 2. The van der Waals surface area contributed by atoms with Crippen LogP contribution >= 0.6 is 0 Å². The number of methoxy groups -OCH3 is 1. The van der Waals surface area contributed by atoms with E-state index in [1.54, 1.807) is 7.11 Å². The van der Waals surface area contributed by atoms with Crippen LogP contribution in [0.5, 0.6) is 0 Å². The van der Waals surface area contributed by atoms with E-state index in [0.29, 0.717) is 12.6 Å². The molecule has 0 spiro atoms. The standard InChI is InChI=1S/C11H20N2O2/c1-11(15-2)6-3-7-13(8-11)10(14)12-9-4-5-9/h9H,3-8H2,1-2H3,(H,12,14). The Bertz CT molecular complexity index is 253. The second-order valence-corrected chi connectivity index (χ2v) is 4.90. The number of ether oxygens (including phenoxy) is 1. The highest BCUT2D eigenvalue weighted by atomic mass is 16.5. The zero-order valence-corrected chi connectivity index (χ0v) is 9.58. The average Bonchev–Trinajstić information content (AvgIpc) is 3.02. The zero-order valence-electron chi connectivity index (χ0n) is 9.58. The van der Waals surface area contributed by atoms with Crippen molar-refractivity contribution in [1.82, 2.24) is 10.2 Å². The molecule has 0 radical (unpaired) electrons. The highest BCUT2D eigenvalue weighted by Gasteiger charge is 2.34. The molecule has 1 heterocycles. The van der Waals surface area contributed by atoms with Crippen LogP contribution in [0.2, 0.25) is 0 Å². The third-order valence-electron chi connectivity index (χ3n) is 3.34. The Kier molecular flexibility index (Phi) is 2.87. The number of amides is 2. The van der Waals surface area contributed by atoms with Crippen molar-refractivity contribution in [3.05, 3.63) is 0 Å². The first-order chi connectivity index (χ1) is 7.13. The molecule has 2 rings (SSSR count). The molecule has 2 fully saturated rings. The summed E-state index contributed by atoms with van der Waals surface area (Å²) in [5, 5.41) is 3.02. The van der Waals surface area contributed by atoms with E-state index in [4.69, 9.17) is 4.74 Å². The van der Waals surface area contributed by atoms with Gasteiger partial charge < -0.3 is 15.0 Å². The van der Waals surface area contributed by atoms with Crippen molar-refractivity contribution in [3.63, 3.8) is 0 Å². The summed E-state index contributed by atoms with van der Waals surface area (Å²) < 4.78 is 5.46. The van der Waals surface area contributed by atoms with Crippen molar-refractivity contribution >= 4 is 6.03 Å². The smallest absolute Gasteiger partial charge is 0.317 e. The third kappa shape index (κ3) is 2.62. The van der Waals surface area contributed by atoms with Crippen molar-refractivity contribution in [1.29, 1.82) is 0 Å². The second kappa shape index (κ2) is 4.00. The topological polar surface area (TPSA) is 41.6 Å². The normalized spacial score (nSPS) is 31.5. The lowest BCUT2D eigenvalue weighted by Gasteiger charge is -2.39. The molecule has 1 saturated carbocycles. The van der Waals surface area contributed by atoms with Crippen LogP contribution in [-0.2, 0) is 4.74 Å². The zero-order chi connectivity index (χ0) is 10.9. The minimum atomic E-state index is -0.154. The number of nitrogens with zero attached hydrogens (tertiary/aromatic N) is 1. The number of carbonyl (C=O) groups is 1. The second-order valence-electron chi connectivity index (χ2n) is 4.90. The van der Waals surface area contributed by atoms with Gasteiger partial charge in [0.05, 0.1) is 12.1 Å². The molecule has 15 heavy (non-hydrogen) atoms. The molecule has 1 aliphatic carbocycles. The lowest BCUT2D eigenvalue weighted by Crippen LogP contribution is -2.52. The van der Waals surface area contributed by atoms with Gasteiger partial charge in [-0.3, -0.25) is 0 Å². The molecule has 0 bridgehead atoms. The molecule has 0 aromatic heterocycles. The van der Waals surface area contributed by atoms with Crippen LogP contribution in [0.25, 0.3) is 0 Å². The third-order valence-corrected chi connectivity index (χ3v) is 3.34. The summed E-state index contributed by atoms with van der Waals surface area (Å²) in [6.07, 6.45) is 4.35. The molecule has 1 atom stereocenters. The van der Waals surface area contributed by atoms with Crippen molar-refractivity contribution < 1.29 is 9.53 Å². The lowest BCUT2D eigenvalue weighted by molar-refractivity contribution is -0.0401. The molecule has 1 saturated heterocycles. The summed E-state index contributed by atoms with van der Waals surface area (Å²) in [5.41, 5.74) is -0.154. The van der Waals surface area contributed by atoms with Crippen LogP contribution < -0.4 is 5.32 Å². The Morgan fingerprint density at radius 2 is 2.27 bits per heavy atom. The maximum atomic E-state index is 11.8. The molecular weight excluding hydrogens is 192 g/mol. The molecule has 0 aromatic rings. The predicted molar refractivity (Wildman–Crippen MR) is 57.8 cm³/mol. The summed E-state index contributed by atoms with van der Waals surface area (Å²) in [7, 11) is 1.72. The molecule has 1 unspecified atom stereocenters. The SMILES string of the molecule is COC1(C)CCCN(C(=O)NC2CC2)C1. The monoisotopic (exact) mass is 212 g/mol. The van der Waals surface area contributed by atoms with E-state index in [2.05, 4.69) is 12.2 Å². The Balaban J connectivity index is 1.88. The maximum Gasteiger partial charge on any atom is 0.317 e. The molecule has 2 amide bonds. The summed E-state index contributed by atoms with van der Waals surface area (Å²) >= 11 is 0. The van der Waals surface area contributed by atoms with Crippen LogP contribution in [0.15, 0.2) is 0 Å². The van der Waals surface area contributed by atoms with Gasteiger partial charge in [0.25, 0.3) is 0 Å². The van der Waals surface area contributed by atoms with Crippen molar-refractivity contribution in [2.45, 2.75) is 44.2 Å². The summed E-state index contributed by atoms with van der Waals surface area (Å²) in [5.74, 6) is 0. The van der Waals surface area contributed by atoms with Gasteiger partial charge in [0.2, 0.25) is 0 Å². The van der Waals surface area contributed by atoms with Gasteiger partial charge in [-0.1, -0.05) is 0 Å². The Hall–Kier alpha value is -0.770. The quantitative estimate of drug-likeness (QED) is 0.751. The molecule has 0 aromatic carbocycles. The van der Waals surface area contributed by atoms with E-state index in [0.717, 1.165) is 32.2 Å². The minimum Gasteiger partial charge on any atom is -0.377 e. The van der Waals surface area contributed by atoms with Crippen molar-refractivity contribution in [2.24, 2.45) is 0 Å². The van der Waals surface area contributed by atoms with Gasteiger partial charge in [0.15, 0.2) is 0 Å². The van der Waals surface area contributed by atoms with Gasteiger partial charge in [0.1, 0.15) is 0 Å². The number of piperidine rings is 1. The Morgan fingerprint density at radius 3 is 2.87 bits per heavy atom. The Morgan fingerprint density at radius 1 is 1.53 bits per heavy atom. The molecule has 4 heteroatoms. The highest BCUT2D eigenvalue weighted by Crippen LogP contribution is 2.25.